The highest BCUT2D eigenvalue weighted by molar-refractivity contribution is 7.80. The molecule has 0 N–H and O–H groups in total. The monoisotopic (exact) mass is 526 g/mol. The Labute approximate surface area is 231 Å². The number of aryl methyl sites for hydroxylation is 2. The van der Waals surface area contributed by atoms with Crippen LogP contribution in [0.4, 0.5) is 0 Å². The fraction of sp³-hybridized carbons (Fsp3) is 0.273. The van der Waals surface area contributed by atoms with E-state index in [4.69, 9.17) is 9.47 Å². The Hall–Kier alpha value is -2.82. The Kier molecular flexibility index (Phi) is 7.87. The molecule has 4 aromatic rings. The molecule has 0 radical (unpaired) electrons. The molecule has 0 unspecified atom stereocenters. The van der Waals surface area contributed by atoms with Crippen LogP contribution in [0, 0.1) is 0 Å². The molecule has 0 amide bonds. The lowest BCUT2D eigenvalue weighted by Crippen LogP contribution is -2.31. The first kappa shape index (κ1) is 25.8. The van der Waals surface area contributed by atoms with Crippen LogP contribution in [0.3, 0.4) is 0 Å². The fourth-order valence-electron chi connectivity index (χ4n) is 5.92. The molecule has 0 saturated heterocycles. The summed E-state index contributed by atoms with van der Waals surface area (Å²) >= 11 is 8.65. The van der Waals surface area contributed by atoms with Gasteiger partial charge in [-0.3, -0.25) is 0 Å². The predicted octanol–water partition coefficient (Wildman–Crippen LogP) is 7.79. The van der Waals surface area contributed by atoms with Gasteiger partial charge in [0.1, 0.15) is 11.5 Å². The molecule has 0 bridgehead atoms. The van der Waals surface area contributed by atoms with Gasteiger partial charge in [-0.1, -0.05) is 74.5 Å². The number of fused-ring (bicyclic) bond motifs is 3. The van der Waals surface area contributed by atoms with Crippen molar-refractivity contribution in [2.45, 2.75) is 32.1 Å². The summed E-state index contributed by atoms with van der Waals surface area (Å²) in [6.07, 6.45) is 1.81. The van der Waals surface area contributed by atoms with Crippen LogP contribution in [-0.2, 0) is 18.3 Å². The summed E-state index contributed by atoms with van der Waals surface area (Å²) in [6, 6.07) is 31.1. The van der Waals surface area contributed by atoms with Crippen LogP contribution >= 0.6 is 25.3 Å². The largest absolute Gasteiger partial charge is 0.493 e. The second-order valence-corrected chi connectivity index (χ2v) is 10.2. The molecular formula is C33H34O2S2. The minimum atomic E-state index is -0.436. The van der Waals surface area contributed by atoms with Crippen LogP contribution in [0.15, 0.2) is 84.9 Å². The van der Waals surface area contributed by atoms with E-state index in [2.05, 4.69) is 124 Å². The topological polar surface area (TPSA) is 18.5 Å². The molecule has 1 aliphatic carbocycles. The van der Waals surface area contributed by atoms with Gasteiger partial charge in [0.05, 0.1) is 18.6 Å². The number of rotatable bonds is 10. The maximum atomic E-state index is 5.99. The zero-order valence-electron chi connectivity index (χ0n) is 21.5. The van der Waals surface area contributed by atoms with E-state index < -0.39 is 5.41 Å². The maximum absolute atomic E-state index is 5.99. The summed E-state index contributed by atoms with van der Waals surface area (Å²) in [6.45, 7) is 5.65. The van der Waals surface area contributed by atoms with E-state index in [0.717, 1.165) is 24.3 Å². The number of ether oxygens (including phenoxy) is 2. The Balaban J connectivity index is 1.85. The van der Waals surface area contributed by atoms with Crippen molar-refractivity contribution >= 4 is 25.3 Å². The highest BCUT2D eigenvalue weighted by atomic mass is 32.1. The van der Waals surface area contributed by atoms with Gasteiger partial charge in [0.2, 0.25) is 0 Å². The summed E-state index contributed by atoms with van der Waals surface area (Å²) in [5.41, 5.74) is 10.0. The summed E-state index contributed by atoms with van der Waals surface area (Å²) in [7, 11) is 0. The van der Waals surface area contributed by atoms with Crippen LogP contribution < -0.4 is 9.47 Å². The third-order valence-corrected chi connectivity index (χ3v) is 7.76. The van der Waals surface area contributed by atoms with E-state index in [-0.39, 0.29) is 0 Å². The molecule has 190 valence electrons. The number of hydrogen-bond acceptors (Lipinski definition) is 4. The molecule has 1 aliphatic rings. The molecule has 5 rings (SSSR count). The maximum Gasteiger partial charge on any atom is 0.119 e. The van der Waals surface area contributed by atoms with Crippen molar-refractivity contribution in [1.29, 1.82) is 0 Å². The molecule has 37 heavy (non-hydrogen) atoms. The van der Waals surface area contributed by atoms with Crippen LogP contribution in [0.2, 0.25) is 0 Å². The van der Waals surface area contributed by atoms with E-state index in [1.807, 2.05) is 0 Å². The number of hydrogen-bond donors (Lipinski definition) is 2. The molecule has 2 nitrogen and oxygen atoms in total. The second-order valence-electron chi connectivity index (χ2n) is 9.33. The van der Waals surface area contributed by atoms with Crippen LogP contribution in [-0.4, -0.2) is 24.7 Å². The van der Waals surface area contributed by atoms with Crippen LogP contribution in [0.25, 0.3) is 11.1 Å². The smallest absolute Gasteiger partial charge is 0.119 e. The van der Waals surface area contributed by atoms with Gasteiger partial charge >= 0.3 is 0 Å². The van der Waals surface area contributed by atoms with E-state index in [1.165, 1.54) is 44.5 Å². The highest BCUT2D eigenvalue weighted by Crippen LogP contribution is 2.57. The van der Waals surface area contributed by atoms with Crippen LogP contribution in [0.5, 0.6) is 11.5 Å². The lowest BCUT2D eigenvalue weighted by atomic mass is 9.64. The van der Waals surface area contributed by atoms with Crippen molar-refractivity contribution in [2.24, 2.45) is 0 Å². The molecule has 0 fully saturated rings. The van der Waals surface area contributed by atoms with Gasteiger partial charge in [-0.2, -0.15) is 25.3 Å². The third kappa shape index (κ3) is 4.45. The summed E-state index contributed by atoms with van der Waals surface area (Å²) < 4.78 is 12.0. The van der Waals surface area contributed by atoms with E-state index in [9.17, 15) is 0 Å². The van der Waals surface area contributed by atoms with Gasteiger partial charge in [-0.15, -0.1) is 0 Å². The summed E-state index contributed by atoms with van der Waals surface area (Å²) in [5.74, 6) is 3.18. The lowest BCUT2D eigenvalue weighted by Gasteiger charge is -2.37. The first-order valence-electron chi connectivity index (χ1n) is 13.1. The SMILES string of the molecule is CCc1cc(OCCS)ccc1C1(c2ccc(OCCS)cc2CC)c2ccccc2-c2ccccc21. The molecule has 0 spiro atoms. The molecule has 0 aromatic heterocycles. The standard InChI is InChI=1S/C33H34O2S2/c1-3-23-21-25(34-17-19-36)13-15-29(23)33(30-16-14-26(35-18-20-37)22-24(30)4-2)31-11-7-5-9-27(31)28-10-6-8-12-32(28)33/h5-16,21-22,36-37H,3-4,17-20H2,1-2H3. The quantitative estimate of drug-likeness (QED) is 0.181. The Bertz CT molecular complexity index is 1290. The molecule has 0 heterocycles. The lowest BCUT2D eigenvalue weighted by molar-refractivity contribution is 0.343. The minimum absolute atomic E-state index is 0.436. The summed E-state index contributed by atoms with van der Waals surface area (Å²) in [4.78, 5) is 0. The van der Waals surface area contributed by atoms with Gasteiger partial charge in [-0.05, 0) is 81.6 Å². The molecular weight excluding hydrogens is 492 g/mol. The third-order valence-electron chi connectivity index (χ3n) is 7.40. The molecule has 4 aromatic carbocycles. The highest BCUT2D eigenvalue weighted by Gasteiger charge is 2.47. The van der Waals surface area contributed by atoms with Crippen LogP contribution in [0.1, 0.15) is 47.2 Å². The second kappa shape index (κ2) is 11.3. The van der Waals surface area contributed by atoms with Crippen molar-refractivity contribution in [3.8, 4) is 22.6 Å². The van der Waals surface area contributed by atoms with Crippen molar-refractivity contribution in [3.05, 3.63) is 118 Å². The van der Waals surface area contributed by atoms with E-state index >= 15 is 0 Å². The predicted molar refractivity (Wildman–Crippen MR) is 161 cm³/mol. The zero-order chi connectivity index (χ0) is 25.8. The normalized spacial score (nSPS) is 13.2. The van der Waals surface area contributed by atoms with Gasteiger partial charge in [0.25, 0.3) is 0 Å². The Morgan fingerprint density at radius 3 is 1.41 bits per heavy atom. The van der Waals surface area contributed by atoms with Gasteiger partial charge in [-0.25, -0.2) is 0 Å². The first-order chi connectivity index (χ1) is 18.2. The van der Waals surface area contributed by atoms with Crippen molar-refractivity contribution in [3.63, 3.8) is 0 Å². The average molecular weight is 527 g/mol. The molecule has 0 aliphatic heterocycles. The van der Waals surface area contributed by atoms with Crippen molar-refractivity contribution < 1.29 is 9.47 Å². The Morgan fingerprint density at radius 2 is 1.00 bits per heavy atom. The van der Waals surface area contributed by atoms with Crippen molar-refractivity contribution in [2.75, 3.05) is 24.7 Å². The first-order valence-corrected chi connectivity index (χ1v) is 14.4. The van der Waals surface area contributed by atoms with E-state index in [0.29, 0.717) is 24.7 Å². The van der Waals surface area contributed by atoms with E-state index in [1.54, 1.807) is 0 Å². The van der Waals surface area contributed by atoms with Gasteiger partial charge < -0.3 is 9.47 Å². The molecule has 0 atom stereocenters. The number of thiol groups is 2. The Morgan fingerprint density at radius 1 is 0.568 bits per heavy atom. The summed E-state index contributed by atoms with van der Waals surface area (Å²) in [5, 5.41) is 0. The van der Waals surface area contributed by atoms with Gasteiger partial charge in [0.15, 0.2) is 0 Å². The minimum Gasteiger partial charge on any atom is -0.493 e. The molecule has 4 heteroatoms. The fourth-order valence-corrected chi connectivity index (χ4v) is 6.11. The molecule has 0 saturated carbocycles. The van der Waals surface area contributed by atoms with Gasteiger partial charge in [0, 0.05) is 11.5 Å². The zero-order valence-corrected chi connectivity index (χ0v) is 23.3. The number of benzene rings is 4. The average Bonchev–Trinajstić information content (AvgIpc) is 3.25. The van der Waals surface area contributed by atoms with Crippen molar-refractivity contribution in [1.82, 2.24) is 0 Å².